The van der Waals surface area contributed by atoms with E-state index in [0.717, 1.165) is 26.1 Å². The van der Waals surface area contributed by atoms with Gasteiger partial charge in [-0.1, -0.05) is 84.9 Å². The van der Waals surface area contributed by atoms with Crippen LogP contribution in [0, 0.1) is 0 Å². The summed E-state index contributed by atoms with van der Waals surface area (Å²) in [6, 6.07) is 30.2. The quantitative estimate of drug-likeness (QED) is 0.562. The van der Waals surface area contributed by atoms with Gasteiger partial charge >= 0.3 is 0 Å². The van der Waals surface area contributed by atoms with Gasteiger partial charge in [-0.2, -0.15) is 0 Å². The minimum atomic E-state index is 0.0354. The highest BCUT2D eigenvalue weighted by Crippen LogP contribution is 2.28. The van der Waals surface area contributed by atoms with Gasteiger partial charge in [0.25, 0.3) is 0 Å². The van der Waals surface area contributed by atoms with Gasteiger partial charge in [0.1, 0.15) is 0 Å². The molecule has 0 aromatic heterocycles. The van der Waals surface area contributed by atoms with E-state index in [4.69, 9.17) is 12.2 Å². The molecule has 4 rings (SSSR count). The molecule has 0 radical (unpaired) electrons. The number of benzene rings is 3. The number of thiocarbonyl (C=S) groups is 1. The molecule has 0 aliphatic carbocycles. The van der Waals surface area contributed by atoms with E-state index in [0.29, 0.717) is 11.2 Å². The number of nitrogens with zero attached hydrogens (tertiary/aromatic N) is 1. The molecule has 3 aromatic carbocycles. The Hall–Kier alpha value is -2.69. The molecule has 0 bridgehead atoms. The Balaban J connectivity index is 1.34. The van der Waals surface area contributed by atoms with Crippen molar-refractivity contribution >= 4 is 17.3 Å². The fourth-order valence-corrected chi connectivity index (χ4v) is 4.49. The standard InChI is InChI=1S/C26H29N3S/c1-20-24-15-9-8-10-21(24)16-18-29(20)19-17-27-26(30)28-25(22-11-4-2-5-12-22)23-13-6-3-7-14-23/h2-15,20,25H,16-19H2,1H3,(H2,27,28,30). The molecule has 1 aliphatic rings. The van der Waals surface area contributed by atoms with Crippen molar-refractivity contribution in [3.63, 3.8) is 0 Å². The van der Waals surface area contributed by atoms with Crippen molar-refractivity contribution in [2.24, 2.45) is 0 Å². The molecule has 4 heteroatoms. The molecule has 1 unspecified atom stereocenters. The van der Waals surface area contributed by atoms with Gasteiger partial charge in [-0.15, -0.1) is 0 Å². The first-order valence-electron chi connectivity index (χ1n) is 10.7. The smallest absolute Gasteiger partial charge is 0.167 e. The van der Waals surface area contributed by atoms with Gasteiger partial charge in [0.15, 0.2) is 5.11 Å². The zero-order valence-corrected chi connectivity index (χ0v) is 18.2. The van der Waals surface area contributed by atoms with E-state index < -0.39 is 0 Å². The molecule has 1 atom stereocenters. The summed E-state index contributed by atoms with van der Waals surface area (Å²) in [5, 5.41) is 7.63. The molecule has 0 saturated carbocycles. The van der Waals surface area contributed by atoms with Gasteiger partial charge in [0.05, 0.1) is 6.04 Å². The third kappa shape index (κ3) is 4.89. The second-order valence-corrected chi connectivity index (χ2v) is 8.22. The number of nitrogens with one attached hydrogen (secondary N) is 2. The molecule has 30 heavy (non-hydrogen) atoms. The zero-order valence-electron chi connectivity index (χ0n) is 17.4. The summed E-state index contributed by atoms with van der Waals surface area (Å²) in [5.41, 5.74) is 5.35. The molecule has 2 N–H and O–H groups in total. The van der Waals surface area contributed by atoms with E-state index in [1.807, 2.05) is 12.1 Å². The summed E-state index contributed by atoms with van der Waals surface area (Å²) >= 11 is 5.65. The van der Waals surface area contributed by atoms with Crippen LogP contribution in [0.15, 0.2) is 84.9 Å². The van der Waals surface area contributed by atoms with Crippen LogP contribution in [-0.4, -0.2) is 29.6 Å². The lowest BCUT2D eigenvalue weighted by atomic mass is 9.94. The van der Waals surface area contributed by atoms with Crippen LogP contribution < -0.4 is 10.6 Å². The molecule has 0 amide bonds. The lowest BCUT2D eigenvalue weighted by Crippen LogP contribution is -2.43. The number of fused-ring (bicyclic) bond motifs is 1. The first-order valence-corrected chi connectivity index (χ1v) is 11.1. The van der Waals surface area contributed by atoms with Crippen molar-refractivity contribution in [3.8, 4) is 0 Å². The van der Waals surface area contributed by atoms with Crippen molar-refractivity contribution in [2.45, 2.75) is 25.4 Å². The van der Waals surface area contributed by atoms with Crippen LogP contribution in [0.25, 0.3) is 0 Å². The van der Waals surface area contributed by atoms with Crippen LogP contribution in [0.2, 0.25) is 0 Å². The predicted octanol–water partition coefficient (Wildman–Crippen LogP) is 4.86. The molecule has 154 valence electrons. The van der Waals surface area contributed by atoms with Crippen molar-refractivity contribution < 1.29 is 0 Å². The van der Waals surface area contributed by atoms with Crippen LogP contribution in [0.5, 0.6) is 0 Å². The number of rotatable bonds is 6. The molecular weight excluding hydrogens is 386 g/mol. The lowest BCUT2D eigenvalue weighted by molar-refractivity contribution is 0.202. The van der Waals surface area contributed by atoms with Gasteiger partial charge in [-0.05, 0) is 47.8 Å². The molecule has 1 aliphatic heterocycles. The Morgan fingerprint density at radius 3 is 2.20 bits per heavy atom. The van der Waals surface area contributed by atoms with Crippen LogP contribution in [0.4, 0.5) is 0 Å². The third-order valence-corrected chi connectivity index (χ3v) is 6.21. The highest BCUT2D eigenvalue weighted by molar-refractivity contribution is 7.80. The van der Waals surface area contributed by atoms with E-state index in [1.165, 1.54) is 22.3 Å². The first kappa shape index (κ1) is 20.6. The minimum Gasteiger partial charge on any atom is -0.361 e. The van der Waals surface area contributed by atoms with E-state index >= 15 is 0 Å². The van der Waals surface area contributed by atoms with Crippen LogP contribution in [0.3, 0.4) is 0 Å². The molecule has 0 saturated heterocycles. The third-order valence-electron chi connectivity index (χ3n) is 5.95. The van der Waals surface area contributed by atoms with Crippen LogP contribution in [0.1, 0.15) is 41.3 Å². The second-order valence-electron chi connectivity index (χ2n) is 7.82. The maximum Gasteiger partial charge on any atom is 0.167 e. The summed E-state index contributed by atoms with van der Waals surface area (Å²) in [7, 11) is 0. The maximum atomic E-state index is 5.65. The molecule has 3 nitrogen and oxygen atoms in total. The van der Waals surface area contributed by atoms with Gasteiger partial charge < -0.3 is 10.6 Å². The Morgan fingerprint density at radius 1 is 0.933 bits per heavy atom. The van der Waals surface area contributed by atoms with Gasteiger partial charge in [-0.3, -0.25) is 4.90 Å². The van der Waals surface area contributed by atoms with Crippen molar-refractivity contribution in [1.29, 1.82) is 0 Å². The predicted molar refractivity (Wildman–Crippen MR) is 129 cm³/mol. The van der Waals surface area contributed by atoms with Crippen molar-refractivity contribution in [2.75, 3.05) is 19.6 Å². The second kappa shape index (κ2) is 9.88. The Kier molecular flexibility index (Phi) is 6.77. The Morgan fingerprint density at radius 2 is 1.53 bits per heavy atom. The maximum absolute atomic E-state index is 5.65. The fourth-order valence-electron chi connectivity index (χ4n) is 4.27. The Bertz CT molecular complexity index is 919. The lowest BCUT2D eigenvalue weighted by Gasteiger charge is -2.35. The van der Waals surface area contributed by atoms with Crippen LogP contribution >= 0.6 is 12.2 Å². The molecule has 1 heterocycles. The average molecular weight is 416 g/mol. The molecular formula is C26H29N3S. The van der Waals surface area contributed by atoms with E-state index in [1.54, 1.807) is 0 Å². The van der Waals surface area contributed by atoms with Crippen molar-refractivity contribution in [1.82, 2.24) is 15.5 Å². The number of hydrogen-bond donors (Lipinski definition) is 2. The highest BCUT2D eigenvalue weighted by atomic mass is 32.1. The topological polar surface area (TPSA) is 27.3 Å². The van der Waals surface area contributed by atoms with E-state index in [-0.39, 0.29) is 6.04 Å². The SMILES string of the molecule is CC1c2ccccc2CCN1CCNC(=S)NC(c1ccccc1)c1ccccc1. The zero-order chi connectivity index (χ0) is 20.8. The van der Waals surface area contributed by atoms with Crippen LogP contribution in [-0.2, 0) is 6.42 Å². The fraction of sp³-hybridized carbons (Fsp3) is 0.269. The summed E-state index contributed by atoms with van der Waals surface area (Å²) in [6.45, 7) is 5.19. The first-order chi connectivity index (χ1) is 14.7. The van der Waals surface area contributed by atoms with E-state index in [2.05, 4.69) is 95.3 Å². The molecule has 0 spiro atoms. The molecule has 3 aromatic rings. The van der Waals surface area contributed by atoms with E-state index in [9.17, 15) is 0 Å². The molecule has 0 fully saturated rings. The summed E-state index contributed by atoms with van der Waals surface area (Å²) < 4.78 is 0. The summed E-state index contributed by atoms with van der Waals surface area (Å²) in [5.74, 6) is 0. The summed E-state index contributed by atoms with van der Waals surface area (Å²) in [6.07, 6.45) is 1.12. The highest BCUT2D eigenvalue weighted by Gasteiger charge is 2.23. The van der Waals surface area contributed by atoms with Crippen molar-refractivity contribution in [3.05, 3.63) is 107 Å². The Labute approximate surface area is 185 Å². The monoisotopic (exact) mass is 415 g/mol. The normalized spacial score (nSPS) is 16.1. The largest absolute Gasteiger partial charge is 0.361 e. The summed E-state index contributed by atoms with van der Waals surface area (Å²) in [4.78, 5) is 2.53. The minimum absolute atomic E-state index is 0.0354. The van der Waals surface area contributed by atoms with Gasteiger partial charge in [0, 0.05) is 25.7 Å². The van der Waals surface area contributed by atoms with Gasteiger partial charge in [0.2, 0.25) is 0 Å². The number of hydrogen-bond acceptors (Lipinski definition) is 2. The average Bonchev–Trinajstić information content (AvgIpc) is 2.80. The van der Waals surface area contributed by atoms with Gasteiger partial charge in [-0.25, -0.2) is 0 Å².